The molecule has 1 aliphatic rings. The summed E-state index contributed by atoms with van der Waals surface area (Å²) in [4.78, 5) is 35.5. The second-order valence-corrected chi connectivity index (χ2v) is 7.77. The van der Waals surface area contributed by atoms with E-state index in [1.165, 1.54) is 23.5 Å². The molecule has 3 aromatic rings. The van der Waals surface area contributed by atoms with Gasteiger partial charge >= 0.3 is 6.18 Å². The minimum absolute atomic E-state index is 0.254. The van der Waals surface area contributed by atoms with Crippen LogP contribution in [0.1, 0.15) is 51.9 Å². The topological polar surface area (TPSA) is 93.0 Å². The maximum Gasteiger partial charge on any atom is 0.408 e. The van der Waals surface area contributed by atoms with E-state index in [0.717, 1.165) is 4.68 Å². The molecule has 1 unspecified atom stereocenters. The number of nitrogens with one attached hydrogen (secondary N) is 1. The van der Waals surface area contributed by atoms with Crippen LogP contribution in [-0.4, -0.2) is 44.3 Å². The Morgan fingerprint density at radius 1 is 1.21 bits per heavy atom. The highest BCUT2D eigenvalue weighted by Gasteiger charge is 2.39. The summed E-state index contributed by atoms with van der Waals surface area (Å²) in [6.07, 6.45) is 1.06. The monoisotopic (exact) mass is 458 g/mol. The molecule has 0 spiro atoms. The highest BCUT2D eigenvalue weighted by Crippen LogP contribution is 2.39. The molecule has 0 bridgehead atoms. The van der Waals surface area contributed by atoms with Crippen LogP contribution < -0.4 is 10.2 Å². The molecule has 33 heavy (non-hydrogen) atoms. The number of aryl methyl sites for hydroxylation is 1. The predicted octanol–water partition coefficient (Wildman–Crippen LogP) is 3.68. The van der Waals surface area contributed by atoms with Crippen molar-refractivity contribution < 1.29 is 22.8 Å². The fourth-order valence-corrected chi connectivity index (χ4v) is 3.90. The maximum absolute atomic E-state index is 13.1. The zero-order valence-corrected chi connectivity index (χ0v) is 18.1. The van der Waals surface area contributed by atoms with Gasteiger partial charge in [-0.05, 0) is 38.5 Å². The molecule has 1 N–H and O–H groups in total. The lowest BCUT2D eigenvalue weighted by atomic mass is 10.0. The molecule has 2 amide bonds. The van der Waals surface area contributed by atoms with E-state index in [4.69, 9.17) is 0 Å². The molecule has 11 heteroatoms. The normalized spacial score (nSPS) is 15.6. The minimum Gasteiger partial charge on any atom is -0.352 e. The van der Waals surface area contributed by atoms with E-state index >= 15 is 0 Å². The first kappa shape index (κ1) is 22.4. The van der Waals surface area contributed by atoms with Crippen LogP contribution in [0.15, 0.2) is 36.9 Å². The number of halogens is 3. The highest BCUT2D eigenvalue weighted by molar-refractivity contribution is 6.11. The van der Waals surface area contributed by atoms with Crippen molar-refractivity contribution in [2.24, 2.45) is 0 Å². The molecule has 4 heterocycles. The number of fused-ring (bicyclic) bond motifs is 1. The van der Waals surface area contributed by atoms with Gasteiger partial charge in [0, 0.05) is 30.7 Å². The Morgan fingerprint density at radius 3 is 2.67 bits per heavy atom. The molecule has 0 aliphatic carbocycles. The first-order valence-corrected chi connectivity index (χ1v) is 10.3. The van der Waals surface area contributed by atoms with Crippen LogP contribution in [0.5, 0.6) is 0 Å². The first-order valence-electron chi connectivity index (χ1n) is 10.3. The van der Waals surface area contributed by atoms with Gasteiger partial charge in [0.2, 0.25) is 0 Å². The molecule has 4 rings (SSSR count). The van der Waals surface area contributed by atoms with Gasteiger partial charge in [-0.1, -0.05) is 0 Å². The third kappa shape index (κ3) is 4.30. The molecular formula is C22H21F3N6O2. The second-order valence-electron chi connectivity index (χ2n) is 7.77. The number of rotatable bonds is 5. The van der Waals surface area contributed by atoms with Crippen molar-refractivity contribution >= 4 is 17.5 Å². The summed E-state index contributed by atoms with van der Waals surface area (Å²) >= 11 is 0. The van der Waals surface area contributed by atoms with Crippen LogP contribution in [-0.2, 0) is 6.54 Å². The number of hydrogen-bond donors (Lipinski definition) is 1. The predicted molar refractivity (Wildman–Crippen MR) is 114 cm³/mol. The number of alkyl halides is 3. The number of pyridine rings is 2. The average molecular weight is 458 g/mol. The summed E-state index contributed by atoms with van der Waals surface area (Å²) in [5, 5.41) is 6.46. The lowest BCUT2D eigenvalue weighted by Crippen LogP contribution is -2.26. The van der Waals surface area contributed by atoms with E-state index in [1.807, 2.05) is 6.92 Å². The molecule has 0 saturated heterocycles. The Bertz CT molecular complexity index is 1240. The first-order chi connectivity index (χ1) is 15.6. The van der Waals surface area contributed by atoms with Crippen LogP contribution in [0.3, 0.4) is 0 Å². The third-order valence-electron chi connectivity index (χ3n) is 5.33. The molecule has 0 saturated carbocycles. The van der Waals surface area contributed by atoms with E-state index in [0.29, 0.717) is 40.2 Å². The van der Waals surface area contributed by atoms with E-state index < -0.39 is 18.8 Å². The van der Waals surface area contributed by atoms with Crippen molar-refractivity contribution in [1.29, 1.82) is 0 Å². The van der Waals surface area contributed by atoms with Crippen LogP contribution in [0.25, 0.3) is 11.3 Å². The van der Waals surface area contributed by atoms with Gasteiger partial charge in [0.1, 0.15) is 6.54 Å². The van der Waals surface area contributed by atoms with Crippen LogP contribution in [0.2, 0.25) is 0 Å². The third-order valence-corrected chi connectivity index (χ3v) is 5.33. The number of carbonyl (C=O) groups excluding carboxylic acids is 2. The van der Waals surface area contributed by atoms with Gasteiger partial charge in [0.25, 0.3) is 11.8 Å². The van der Waals surface area contributed by atoms with Crippen LogP contribution in [0, 0.1) is 6.92 Å². The van der Waals surface area contributed by atoms with Gasteiger partial charge in [-0.2, -0.15) is 18.3 Å². The number of anilines is 1. The van der Waals surface area contributed by atoms with Crippen LogP contribution >= 0.6 is 0 Å². The zero-order chi connectivity index (χ0) is 23.9. The fourth-order valence-electron chi connectivity index (χ4n) is 3.90. The van der Waals surface area contributed by atoms with Crippen molar-refractivity contribution in [3.63, 3.8) is 0 Å². The summed E-state index contributed by atoms with van der Waals surface area (Å²) in [7, 11) is 0. The van der Waals surface area contributed by atoms with Gasteiger partial charge in [-0.3, -0.25) is 24.2 Å². The van der Waals surface area contributed by atoms with Gasteiger partial charge in [-0.15, -0.1) is 0 Å². The molecule has 1 aliphatic heterocycles. The van der Waals surface area contributed by atoms with E-state index in [1.54, 1.807) is 32.2 Å². The summed E-state index contributed by atoms with van der Waals surface area (Å²) in [6.45, 7) is 4.58. The van der Waals surface area contributed by atoms with Gasteiger partial charge in [0.15, 0.2) is 0 Å². The zero-order valence-electron chi connectivity index (χ0n) is 18.1. The fraction of sp³-hybridized carbons (Fsp3) is 0.318. The minimum atomic E-state index is -4.42. The average Bonchev–Trinajstić information content (AvgIpc) is 3.29. The smallest absolute Gasteiger partial charge is 0.352 e. The Hall–Kier alpha value is -3.76. The van der Waals surface area contributed by atoms with Gasteiger partial charge < -0.3 is 5.32 Å². The maximum atomic E-state index is 13.1. The largest absolute Gasteiger partial charge is 0.408 e. The summed E-state index contributed by atoms with van der Waals surface area (Å²) in [5.74, 6) is -0.606. The Labute approximate surface area is 187 Å². The van der Waals surface area contributed by atoms with E-state index in [2.05, 4.69) is 20.4 Å². The van der Waals surface area contributed by atoms with E-state index in [9.17, 15) is 22.8 Å². The molecule has 0 fully saturated rings. The van der Waals surface area contributed by atoms with Gasteiger partial charge in [0.05, 0.1) is 40.4 Å². The van der Waals surface area contributed by atoms with E-state index in [-0.39, 0.29) is 17.5 Å². The molecule has 0 aromatic carbocycles. The standard InChI is InChI=1S/C22H21F3N6O2/c1-4-27-20(32)15-6-14(7-26-8-15)17-5-12(2)18-19(29-17)13(3)31(21(18)33)16-9-28-30(10-16)11-22(23,24)25/h5-10,13H,4,11H2,1-3H3,(H,27,32). The lowest BCUT2D eigenvalue weighted by Gasteiger charge is -2.19. The lowest BCUT2D eigenvalue weighted by molar-refractivity contribution is -0.142. The Morgan fingerprint density at radius 2 is 1.97 bits per heavy atom. The second kappa shape index (κ2) is 8.30. The van der Waals surface area contributed by atoms with Crippen molar-refractivity contribution in [2.75, 3.05) is 11.4 Å². The Kier molecular flexibility index (Phi) is 5.64. The van der Waals surface area contributed by atoms with Crippen molar-refractivity contribution in [1.82, 2.24) is 25.1 Å². The summed E-state index contributed by atoms with van der Waals surface area (Å²) in [6, 6.07) is 2.89. The van der Waals surface area contributed by atoms with Crippen molar-refractivity contribution in [2.45, 2.75) is 39.5 Å². The molecule has 172 valence electrons. The van der Waals surface area contributed by atoms with Crippen molar-refractivity contribution in [3.8, 4) is 11.3 Å². The number of carbonyl (C=O) groups is 2. The van der Waals surface area contributed by atoms with Crippen molar-refractivity contribution in [3.05, 3.63) is 59.3 Å². The number of aromatic nitrogens is 4. The quantitative estimate of drug-likeness (QED) is 0.630. The van der Waals surface area contributed by atoms with Crippen LogP contribution in [0.4, 0.5) is 18.9 Å². The summed E-state index contributed by atoms with van der Waals surface area (Å²) in [5.41, 5.74) is 3.37. The SMILES string of the molecule is CCNC(=O)c1cncc(-c2cc(C)c3c(n2)C(C)N(c2cnn(CC(F)(F)F)c2)C3=O)c1. The summed E-state index contributed by atoms with van der Waals surface area (Å²) < 4.78 is 38.8. The molecule has 0 radical (unpaired) electrons. The molecule has 8 nitrogen and oxygen atoms in total. The molecule has 1 atom stereocenters. The Balaban J connectivity index is 1.69. The number of amides is 2. The highest BCUT2D eigenvalue weighted by atomic mass is 19.4. The van der Waals surface area contributed by atoms with Gasteiger partial charge in [-0.25, -0.2) is 4.98 Å². The number of hydrogen-bond acceptors (Lipinski definition) is 5. The molecule has 3 aromatic heterocycles. The number of nitrogens with zero attached hydrogens (tertiary/aromatic N) is 5. The molecular weight excluding hydrogens is 437 g/mol.